The van der Waals surface area contributed by atoms with Crippen LogP contribution in [0.1, 0.15) is 5.56 Å². The van der Waals surface area contributed by atoms with Gasteiger partial charge >= 0.3 is 6.18 Å². The molecule has 0 aliphatic heterocycles. The maximum atomic E-state index is 13.2. The number of para-hydroxylation sites is 2. The van der Waals surface area contributed by atoms with Crippen molar-refractivity contribution in [3.8, 4) is 22.7 Å². The molecule has 136 valence electrons. The van der Waals surface area contributed by atoms with Crippen LogP contribution in [0.2, 0.25) is 0 Å². The molecule has 0 amide bonds. The number of ether oxygens (including phenoxy) is 1. The van der Waals surface area contributed by atoms with E-state index in [0.717, 1.165) is 23.0 Å². The zero-order valence-corrected chi connectivity index (χ0v) is 14.5. The van der Waals surface area contributed by atoms with Crippen LogP contribution in [0, 0.1) is 0 Å². The van der Waals surface area contributed by atoms with Crippen LogP contribution in [0.5, 0.6) is 5.75 Å². The van der Waals surface area contributed by atoms with E-state index >= 15 is 0 Å². The first-order valence-electron chi connectivity index (χ1n) is 8.40. The molecule has 0 radical (unpaired) electrons. The molecule has 0 bridgehead atoms. The highest BCUT2D eigenvalue weighted by Gasteiger charge is 2.31. The zero-order chi connectivity index (χ0) is 19.0. The molecule has 0 N–H and O–H groups in total. The van der Waals surface area contributed by atoms with Crippen LogP contribution < -0.4 is 4.74 Å². The molecule has 3 aromatic carbocycles. The normalized spacial score (nSPS) is 11.7. The number of aromatic nitrogens is 1. The minimum Gasteiger partial charge on any atom is -0.495 e. The minimum atomic E-state index is -4.38. The van der Waals surface area contributed by atoms with E-state index in [1.54, 1.807) is 13.2 Å². The molecule has 0 aliphatic rings. The van der Waals surface area contributed by atoms with Crippen LogP contribution in [-0.4, -0.2) is 11.7 Å². The molecule has 0 aliphatic carbocycles. The lowest BCUT2D eigenvalue weighted by atomic mass is 10.1. The topological polar surface area (TPSA) is 14.2 Å². The van der Waals surface area contributed by atoms with Crippen molar-refractivity contribution < 1.29 is 17.9 Å². The van der Waals surface area contributed by atoms with E-state index in [9.17, 15) is 13.2 Å². The van der Waals surface area contributed by atoms with E-state index in [1.165, 1.54) is 12.1 Å². The van der Waals surface area contributed by atoms with Gasteiger partial charge in [0, 0.05) is 5.39 Å². The molecular formula is C22H16F3NO. The Kier molecular flexibility index (Phi) is 4.15. The number of benzene rings is 3. The van der Waals surface area contributed by atoms with Crippen LogP contribution in [0.25, 0.3) is 27.8 Å². The first kappa shape index (κ1) is 17.2. The summed E-state index contributed by atoms with van der Waals surface area (Å²) in [5.41, 5.74) is 2.51. The molecule has 0 saturated carbocycles. The fourth-order valence-corrected chi connectivity index (χ4v) is 3.29. The van der Waals surface area contributed by atoms with Crippen molar-refractivity contribution in [3.05, 3.63) is 84.4 Å². The second-order valence-electron chi connectivity index (χ2n) is 6.17. The highest BCUT2D eigenvalue weighted by Crippen LogP contribution is 2.38. The van der Waals surface area contributed by atoms with Crippen LogP contribution in [0.3, 0.4) is 0 Å². The Morgan fingerprint density at radius 1 is 0.815 bits per heavy atom. The molecule has 0 saturated heterocycles. The van der Waals surface area contributed by atoms with Crippen LogP contribution >= 0.6 is 0 Å². The van der Waals surface area contributed by atoms with Crippen LogP contribution in [-0.2, 0) is 6.18 Å². The van der Waals surface area contributed by atoms with Gasteiger partial charge in [-0.05, 0) is 42.0 Å². The second-order valence-corrected chi connectivity index (χ2v) is 6.17. The predicted molar refractivity (Wildman–Crippen MR) is 100 cm³/mol. The summed E-state index contributed by atoms with van der Waals surface area (Å²) in [6.45, 7) is 0. The molecule has 4 aromatic rings. The molecule has 0 atom stereocenters. The van der Waals surface area contributed by atoms with Gasteiger partial charge in [0.05, 0.1) is 29.6 Å². The van der Waals surface area contributed by atoms with E-state index in [4.69, 9.17) is 4.74 Å². The molecule has 0 fully saturated rings. The van der Waals surface area contributed by atoms with Gasteiger partial charge in [-0.25, -0.2) is 0 Å². The largest absolute Gasteiger partial charge is 0.495 e. The number of rotatable bonds is 3. The van der Waals surface area contributed by atoms with E-state index in [2.05, 4.69) is 0 Å². The third-order valence-corrected chi connectivity index (χ3v) is 4.52. The van der Waals surface area contributed by atoms with Gasteiger partial charge in [-0.15, -0.1) is 0 Å². The molecule has 4 rings (SSSR count). The molecule has 1 aromatic heterocycles. The van der Waals surface area contributed by atoms with Gasteiger partial charge in [-0.1, -0.05) is 42.5 Å². The summed E-state index contributed by atoms with van der Waals surface area (Å²) in [4.78, 5) is 0. The maximum absolute atomic E-state index is 13.2. The van der Waals surface area contributed by atoms with Gasteiger partial charge in [-0.2, -0.15) is 13.2 Å². The Morgan fingerprint density at radius 2 is 1.52 bits per heavy atom. The van der Waals surface area contributed by atoms with E-state index in [0.29, 0.717) is 16.7 Å². The summed E-state index contributed by atoms with van der Waals surface area (Å²) in [5, 5.41) is 0.523. The van der Waals surface area contributed by atoms with Gasteiger partial charge in [0.25, 0.3) is 0 Å². The number of fused-ring (bicyclic) bond motifs is 1. The molecule has 2 nitrogen and oxygen atoms in total. The summed E-state index contributed by atoms with van der Waals surface area (Å²) in [7, 11) is 1.58. The van der Waals surface area contributed by atoms with E-state index in [1.807, 2.05) is 59.2 Å². The molecule has 0 unspecified atom stereocenters. The molecule has 0 spiro atoms. The number of hydrogen-bond donors (Lipinski definition) is 0. The second kappa shape index (κ2) is 6.50. The highest BCUT2D eigenvalue weighted by molar-refractivity contribution is 5.90. The highest BCUT2D eigenvalue weighted by atomic mass is 19.4. The van der Waals surface area contributed by atoms with E-state index in [-0.39, 0.29) is 0 Å². The van der Waals surface area contributed by atoms with Crippen molar-refractivity contribution in [1.29, 1.82) is 0 Å². The summed E-state index contributed by atoms with van der Waals surface area (Å²) >= 11 is 0. The number of methoxy groups -OCH3 is 1. The van der Waals surface area contributed by atoms with Gasteiger partial charge in [-0.3, -0.25) is 0 Å². The Hall–Kier alpha value is -3.21. The van der Waals surface area contributed by atoms with Crippen molar-refractivity contribution in [1.82, 2.24) is 4.57 Å². The Balaban J connectivity index is 2.05. The first-order chi connectivity index (χ1) is 13.0. The monoisotopic (exact) mass is 367 g/mol. The van der Waals surface area contributed by atoms with Gasteiger partial charge in [0.2, 0.25) is 0 Å². The Morgan fingerprint density at radius 3 is 2.22 bits per heavy atom. The summed E-state index contributed by atoms with van der Waals surface area (Å²) in [6.07, 6.45) is -4.38. The predicted octanol–water partition coefficient (Wildman–Crippen LogP) is 6.32. The Bertz CT molecular complexity index is 1100. The first-order valence-corrected chi connectivity index (χ1v) is 8.40. The average Bonchev–Trinajstić information content (AvgIpc) is 3.06. The van der Waals surface area contributed by atoms with Gasteiger partial charge in [0.1, 0.15) is 5.75 Å². The van der Waals surface area contributed by atoms with Gasteiger partial charge < -0.3 is 9.30 Å². The number of halogens is 3. The molecular weight excluding hydrogens is 351 g/mol. The number of hydrogen-bond acceptors (Lipinski definition) is 1. The lowest BCUT2D eigenvalue weighted by Gasteiger charge is -2.15. The molecule has 27 heavy (non-hydrogen) atoms. The summed E-state index contributed by atoms with van der Waals surface area (Å²) in [6, 6.07) is 22.6. The van der Waals surface area contributed by atoms with E-state index < -0.39 is 11.7 Å². The standard InChI is InChI=1S/C22H16F3NO/c1-27-21-10-6-5-9-19(21)26-18-12-11-17(22(23,24)25)13-16(18)14-20(26)15-7-3-2-4-8-15/h2-14H,1H3. The SMILES string of the molecule is COc1ccccc1-n1c(-c2ccccc2)cc2cc(C(F)(F)F)ccc21. The smallest absolute Gasteiger partial charge is 0.416 e. The van der Waals surface area contributed by atoms with Crippen molar-refractivity contribution in [2.45, 2.75) is 6.18 Å². The summed E-state index contributed by atoms with van der Waals surface area (Å²) in [5.74, 6) is 0.645. The van der Waals surface area contributed by atoms with Crippen molar-refractivity contribution in [3.63, 3.8) is 0 Å². The average molecular weight is 367 g/mol. The number of nitrogens with zero attached hydrogens (tertiary/aromatic N) is 1. The fourth-order valence-electron chi connectivity index (χ4n) is 3.29. The third-order valence-electron chi connectivity index (χ3n) is 4.52. The zero-order valence-electron chi connectivity index (χ0n) is 14.5. The minimum absolute atomic E-state index is 0.523. The van der Waals surface area contributed by atoms with Crippen molar-refractivity contribution >= 4 is 10.9 Å². The van der Waals surface area contributed by atoms with Crippen molar-refractivity contribution in [2.75, 3.05) is 7.11 Å². The van der Waals surface area contributed by atoms with Gasteiger partial charge in [0.15, 0.2) is 0 Å². The maximum Gasteiger partial charge on any atom is 0.416 e. The third kappa shape index (κ3) is 3.05. The summed E-state index contributed by atoms with van der Waals surface area (Å²) < 4.78 is 46.9. The lowest BCUT2D eigenvalue weighted by molar-refractivity contribution is -0.137. The Labute approximate surface area is 154 Å². The lowest BCUT2D eigenvalue weighted by Crippen LogP contribution is -2.04. The van der Waals surface area contributed by atoms with Crippen molar-refractivity contribution in [2.24, 2.45) is 0 Å². The van der Waals surface area contributed by atoms with Crippen LogP contribution in [0.4, 0.5) is 13.2 Å². The number of alkyl halides is 3. The molecule has 5 heteroatoms. The molecule has 1 heterocycles. The van der Waals surface area contributed by atoms with Crippen LogP contribution in [0.15, 0.2) is 78.9 Å². The quantitative estimate of drug-likeness (QED) is 0.413. The fraction of sp³-hybridized carbons (Fsp3) is 0.0909.